The van der Waals surface area contributed by atoms with Gasteiger partial charge in [-0.3, -0.25) is 9.59 Å². The SMILES string of the molecule is CNC(=O)c1ccc(CN(C)C(=O)/C=C/c2nc3ccccc3o2)cc1. The second-order valence-electron chi connectivity index (χ2n) is 5.82. The maximum atomic E-state index is 12.3. The normalized spacial score (nSPS) is 11.0. The second kappa shape index (κ2) is 7.65. The van der Waals surface area contributed by atoms with Gasteiger partial charge in [-0.05, 0) is 29.8 Å². The van der Waals surface area contributed by atoms with Gasteiger partial charge in [0, 0.05) is 38.4 Å². The molecular formula is C20H19N3O3. The Labute approximate surface area is 151 Å². The monoisotopic (exact) mass is 349 g/mol. The van der Waals surface area contributed by atoms with Crippen molar-refractivity contribution in [3.05, 3.63) is 71.6 Å². The molecule has 3 aromatic rings. The fraction of sp³-hybridized carbons (Fsp3) is 0.150. The number of rotatable bonds is 5. The van der Waals surface area contributed by atoms with Gasteiger partial charge < -0.3 is 14.6 Å². The predicted molar refractivity (Wildman–Crippen MR) is 99.3 cm³/mol. The molecule has 0 aliphatic carbocycles. The number of nitrogens with zero attached hydrogens (tertiary/aromatic N) is 2. The lowest BCUT2D eigenvalue weighted by Gasteiger charge is -2.15. The van der Waals surface area contributed by atoms with Crippen molar-refractivity contribution in [2.75, 3.05) is 14.1 Å². The maximum Gasteiger partial charge on any atom is 0.251 e. The Balaban J connectivity index is 1.63. The van der Waals surface area contributed by atoms with Crippen molar-refractivity contribution >= 4 is 29.0 Å². The zero-order chi connectivity index (χ0) is 18.5. The van der Waals surface area contributed by atoms with Crippen LogP contribution in [0.3, 0.4) is 0 Å². The first-order valence-corrected chi connectivity index (χ1v) is 8.16. The van der Waals surface area contributed by atoms with Crippen molar-refractivity contribution in [3.8, 4) is 0 Å². The fourth-order valence-corrected chi connectivity index (χ4v) is 2.49. The first kappa shape index (κ1) is 17.4. The van der Waals surface area contributed by atoms with Gasteiger partial charge in [0.05, 0.1) is 0 Å². The average Bonchev–Trinajstić information content (AvgIpc) is 3.09. The lowest BCUT2D eigenvalue weighted by atomic mass is 10.1. The molecule has 0 radical (unpaired) electrons. The molecule has 0 saturated carbocycles. The topological polar surface area (TPSA) is 75.4 Å². The minimum Gasteiger partial charge on any atom is -0.437 e. The number of likely N-dealkylation sites (N-methyl/N-ethyl adjacent to an activating group) is 1. The van der Waals surface area contributed by atoms with Gasteiger partial charge in [0.25, 0.3) is 5.91 Å². The van der Waals surface area contributed by atoms with Gasteiger partial charge in [-0.2, -0.15) is 0 Å². The number of oxazole rings is 1. The van der Waals surface area contributed by atoms with Crippen LogP contribution in [-0.4, -0.2) is 35.8 Å². The zero-order valence-electron chi connectivity index (χ0n) is 14.6. The molecule has 0 spiro atoms. The number of carbonyl (C=O) groups excluding carboxylic acids is 2. The van der Waals surface area contributed by atoms with Crippen LogP contribution in [-0.2, 0) is 11.3 Å². The highest BCUT2D eigenvalue weighted by Crippen LogP contribution is 2.15. The number of fused-ring (bicyclic) bond motifs is 1. The molecular weight excluding hydrogens is 330 g/mol. The van der Waals surface area contributed by atoms with Gasteiger partial charge >= 0.3 is 0 Å². The molecule has 0 aliphatic heterocycles. The first-order valence-electron chi connectivity index (χ1n) is 8.16. The van der Waals surface area contributed by atoms with Crippen LogP contribution >= 0.6 is 0 Å². The third-order valence-corrected chi connectivity index (χ3v) is 3.92. The van der Waals surface area contributed by atoms with Crippen LogP contribution in [0.2, 0.25) is 0 Å². The van der Waals surface area contributed by atoms with Crippen molar-refractivity contribution < 1.29 is 14.0 Å². The van der Waals surface area contributed by atoms with Gasteiger partial charge in [0.15, 0.2) is 5.58 Å². The van der Waals surface area contributed by atoms with E-state index in [1.807, 2.05) is 36.4 Å². The standard InChI is InChI=1S/C20H19N3O3/c1-21-20(25)15-9-7-14(8-10-15)13-23(2)19(24)12-11-18-22-16-5-3-4-6-17(16)26-18/h3-12H,13H2,1-2H3,(H,21,25)/b12-11+. The largest absolute Gasteiger partial charge is 0.437 e. The Bertz CT molecular complexity index is 925. The number of amides is 2. The van der Waals surface area contributed by atoms with Gasteiger partial charge in [-0.25, -0.2) is 4.98 Å². The van der Waals surface area contributed by atoms with E-state index >= 15 is 0 Å². The molecule has 2 amide bonds. The van der Waals surface area contributed by atoms with Crippen molar-refractivity contribution in [2.45, 2.75) is 6.54 Å². The average molecular weight is 349 g/mol. The number of hydrogen-bond acceptors (Lipinski definition) is 4. The Morgan fingerprint density at radius 2 is 1.88 bits per heavy atom. The number of hydrogen-bond donors (Lipinski definition) is 1. The number of aromatic nitrogens is 1. The summed E-state index contributed by atoms with van der Waals surface area (Å²) in [6.45, 7) is 0.435. The Morgan fingerprint density at radius 3 is 2.58 bits per heavy atom. The summed E-state index contributed by atoms with van der Waals surface area (Å²) in [7, 11) is 3.30. The highest BCUT2D eigenvalue weighted by atomic mass is 16.3. The van der Waals surface area contributed by atoms with E-state index in [-0.39, 0.29) is 11.8 Å². The van der Waals surface area contributed by atoms with Crippen LogP contribution in [0.4, 0.5) is 0 Å². The number of nitrogens with one attached hydrogen (secondary N) is 1. The molecule has 132 valence electrons. The second-order valence-corrected chi connectivity index (χ2v) is 5.82. The van der Waals surface area contributed by atoms with E-state index in [0.717, 1.165) is 11.1 Å². The number of para-hydroxylation sites is 2. The summed E-state index contributed by atoms with van der Waals surface area (Å²) in [5, 5.41) is 2.57. The summed E-state index contributed by atoms with van der Waals surface area (Å²) >= 11 is 0. The van der Waals surface area contributed by atoms with E-state index in [1.54, 1.807) is 37.2 Å². The summed E-state index contributed by atoms with van der Waals surface area (Å²) in [4.78, 5) is 29.7. The smallest absolute Gasteiger partial charge is 0.251 e. The van der Waals surface area contributed by atoms with E-state index in [2.05, 4.69) is 10.3 Å². The maximum absolute atomic E-state index is 12.3. The lowest BCUT2D eigenvalue weighted by molar-refractivity contribution is -0.125. The van der Waals surface area contributed by atoms with E-state index in [0.29, 0.717) is 23.6 Å². The summed E-state index contributed by atoms with van der Waals surface area (Å²) in [6.07, 6.45) is 3.00. The molecule has 0 saturated heterocycles. The molecule has 2 aromatic carbocycles. The van der Waals surface area contributed by atoms with E-state index < -0.39 is 0 Å². The van der Waals surface area contributed by atoms with Gasteiger partial charge in [0.2, 0.25) is 11.8 Å². The Hall–Kier alpha value is -3.41. The quantitative estimate of drug-likeness (QED) is 0.719. The molecule has 6 nitrogen and oxygen atoms in total. The summed E-state index contributed by atoms with van der Waals surface area (Å²) < 4.78 is 5.56. The van der Waals surface area contributed by atoms with E-state index in [4.69, 9.17) is 4.42 Å². The minimum absolute atomic E-state index is 0.137. The molecule has 0 aliphatic rings. The van der Waals surface area contributed by atoms with Crippen LogP contribution < -0.4 is 5.32 Å². The van der Waals surface area contributed by atoms with Crippen molar-refractivity contribution in [1.29, 1.82) is 0 Å². The first-order chi connectivity index (χ1) is 12.6. The highest BCUT2D eigenvalue weighted by Gasteiger charge is 2.08. The predicted octanol–water partition coefficient (Wildman–Crippen LogP) is 2.86. The van der Waals surface area contributed by atoms with Crippen LogP contribution in [0.15, 0.2) is 59.0 Å². The third kappa shape index (κ3) is 3.97. The molecule has 1 heterocycles. The highest BCUT2D eigenvalue weighted by molar-refractivity contribution is 5.94. The van der Waals surface area contributed by atoms with Crippen molar-refractivity contribution in [3.63, 3.8) is 0 Å². The van der Waals surface area contributed by atoms with Crippen LogP contribution in [0.5, 0.6) is 0 Å². The van der Waals surface area contributed by atoms with Gasteiger partial charge in [-0.15, -0.1) is 0 Å². The molecule has 6 heteroatoms. The van der Waals surface area contributed by atoms with E-state index in [9.17, 15) is 9.59 Å². The molecule has 26 heavy (non-hydrogen) atoms. The molecule has 3 rings (SSSR count). The molecule has 0 unspecified atom stereocenters. The zero-order valence-corrected chi connectivity index (χ0v) is 14.6. The van der Waals surface area contributed by atoms with Crippen LogP contribution in [0, 0.1) is 0 Å². The Morgan fingerprint density at radius 1 is 1.15 bits per heavy atom. The summed E-state index contributed by atoms with van der Waals surface area (Å²) in [5.74, 6) is 0.0905. The summed E-state index contributed by atoms with van der Waals surface area (Å²) in [6, 6.07) is 14.6. The fourth-order valence-electron chi connectivity index (χ4n) is 2.49. The molecule has 1 N–H and O–H groups in total. The van der Waals surface area contributed by atoms with Gasteiger partial charge in [0.1, 0.15) is 5.52 Å². The van der Waals surface area contributed by atoms with Crippen molar-refractivity contribution in [2.24, 2.45) is 0 Å². The molecule has 0 fully saturated rings. The summed E-state index contributed by atoms with van der Waals surface area (Å²) in [5.41, 5.74) is 2.96. The van der Waals surface area contributed by atoms with Crippen LogP contribution in [0.25, 0.3) is 17.2 Å². The Kier molecular flexibility index (Phi) is 5.12. The minimum atomic E-state index is -0.164. The number of carbonyl (C=O) groups is 2. The molecule has 0 bridgehead atoms. The van der Waals surface area contributed by atoms with E-state index in [1.165, 1.54) is 6.08 Å². The van der Waals surface area contributed by atoms with Crippen LogP contribution in [0.1, 0.15) is 21.8 Å². The molecule has 1 aromatic heterocycles. The molecule has 0 atom stereocenters. The van der Waals surface area contributed by atoms with Gasteiger partial charge in [-0.1, -0.05) is 24.3 Å². The number of benzene rings is 2. The third-order valence-electron chi connectivity index (χ3n) is 3.92. The van der Waals surface area contributed by atoms with Crippen molar-refractivity contribution in [1.82, 2.24) is 15.2 Å². The lowest BCUT2D eigenvalue weighted by Crippen LogP contribution is -2.24.